The fourth-order valence-corrected chi connectivity index (χ4v) is 1.38. The number of rotatable bonds is 2. The van der Waals surface area contributed by atoms with Crippen molar-refractivity contribution in [3.63, 3.8) is 0 Å². The number of fused-ring (bicyclic) bond motifs is 1. The van der Waals surface area contributed by atoms with Crippen LogP contribution >= 0.6 is 0 Å². The fraction of sp³-hybridized carbons (Fsp3) is 0.111. The molecule has 2 rings (SSSR count). The van der Waals surface area contributed by atoms with Crippen LogP contribution in [0.15, 0.2) is 17.1 Å². The van der Waals surface area contributed by atoms with E-state index in [1.54, 1.807) is 0 Å². The van der Waals surface area contributed by atoms with E-state index in [0.717, 1.165) is 0 Å². The normalized spacial score (nSPS) is 12.7. The van der Waals surface area contributed by atoms with Crippen molar-refractivity contribution in [1.29, 1.82) is 0 Å². The van der Waals surface area contributed by atoms with Crippen LogP contribution in [0.2, 0.25) is 0 Å². The van der Waals surface area contributed by atoms with E-state index in [0.29, 0.717) is 5.56 Å². The Morgan fingerprint density at radius 3 is 2.80 bits per heavy atom. The van der Waals surface area contributed by atoms with Gasteiger partial charge in [-0.25, -0.2) is 4.99 Å². The lowest BCUT2D eigenvalue weighted by molar-refractivity contribution is -0.385. The van der Waals surface area contributed by atoms with Crippen LogP contribution in [0.4, 0.5) is 5.69 Å². The molecule has 6 heteroatoms. The highest BCUT2D eigenvalue weighted by Gasteiger charge is 2.24. The van der Waals surface area contributed by atoms with E-state index in [2.05, 4.69) is 4.99 Å². The maximum atomic E-state index is 11.2. The molecule has 1 amide bonds. The van der Waals surface area contributed by atoms with Crippen molar-refractivity contribution >= 4 is 17.8 Å². The first-order valence-corrected chi connectivity index (χ1v) is 4.08. The molecule has 0 saturated heterocycles. The van der Waals surface area contributed by atoms with Crippen LogP contribution in [-0.2, 0) is 0 Å². The van der Waals surface area contributed by atoms with Crippen molar-refractivity contribution in [2.24, 2.45) is 4.99 Å². The first-order valence-electron chi connectivity index (χ1n) is 4.08. The van der Waals surface area contributed by atoms with Crippen molar-refractivity contribution in [2.75, 3.05) is 7.11 Å². The Bertz CT molecular complexity index is 493. The number of aliphatic imine (C=N–C) groups is 1. The number of hydrogen-bond donors (Lipinski definition) is 0. The minimum atomic E-state index is -0.593. The van der Waals surface area contributed by atoms with Crippen LogP contribution in [0.5, 0.6) is 5.75 Å². The summed E-state index contributed by atoms with van der Waals surface area (Å²) < 4.78 is 4.85. The Morgan fingerprint density at radius 1 is 1.47 bits per heavy atom. The summed E-state index contributed by atoms with van der Waals surface area (Å²) in [6, 6.07) is 2.62. The van der Waals surface area contributed by atoms with Crippen molar-refractivity contribution in [3.8, 4) is 5.75 Å². The molecule has 15 heavy (non-hydrogen) atoms. The molecule has 0 unspecified atom stereocenters. The second-order valence-corrected chi connectivity index (χ2v) is 2.93. The second-order valence-electron chi connectivity index (χ2n) is 2.93. The third-order valence-electron chi connectivity index (χ3n) is 2.10. The summed E-state index contributed by atoms with van der Waals surface area (Å²) in [6.07, 6.45) is 1.36. The van der Waals surface area contributed by atoms with Gasteiger partial charge in [0.05, 0.1) is 17.6 Å². The molecule has 0 N–H and O–H groups in total. The van der Waals surface area contributed by atoms with Crippen LogP contribution in [0.3, 0.4) is 0 Å². The Morgan fingerprint density at radius 2 is 2.20 bits per heavy atom. The molecular weight excluding hydrogens is 200 g/mol. The van der Waals surface area contributed by atoms with Gasteiger partial charge in [0.1, 0.15) is 0 Å². The Hall–Kier alpha value is -2.24. The quantitative estimate of drug-likeness (QED) is 0.537. The van der Waals surface area contributed by atoms with Gasteiger partial charge in [0.15, 0.2) is 5.75 Å². The number of benzene rings is 1. The summed E-state index contributed by atoms with van der Waals surface area (Å²) in [5, 5.41) is 10.7. The van der Waals surface area contributed by atoms with Gasteiger partial charge in [-0.3, -0.25) is 14.9 Å². The smallest absolute Gasteiger partial charge is 0.311 e. The predicted octanol–water partition coefficient (Wildman–Crippen LogP) is 1.18. The van der Waals surface area contributed by atoms with Gasteiger partial charge >= 0.3 is 5.69 Å². The average Bonchev–Trinajstić information content (AvgIpc) is 2.58. The summed E-state index contributed by atoms with van der Waals surface area (Å²) in [5.41, 5.74) is 0.556. The van der Waals surface area contributed by atoms with Gasteiger partial charge in [-0.05, 0) is 6.07 Å². The molecule has 0 saturated carbocycles. The SMILES string of the molecule is COc1cc2c(cc1[N+](=O)[O-])C(=O)N=C2. The lowest BCUT2D eigenvalue weighted by Gasteiger charge is -2.03. The Balaban J connectivity index is 2.65. The molecule has 1 aromatic carbocycles. The van der Waals surface area contributed by atoms with Gasteiger partial charge in [0, 0.05) is 17.8 Å². The highest BCUT2D eigenvalue weighted by atomic mass is 16.6. The summed E-state index contributed by atoms with van der Waals surface area (Å²) in [5.74, 6) is -0.337. The molecule has 0 aliphatic carbocycles. The number of nitrogens with zero attached hydrogens (tertiary/aromatic N) is 2. The van der Waals surface area contributed by atoms with Gasteiger partial charge < -0.3 is 4.74 Å². The van der Waals surface area contributed by atoms with E-state index in [1.165, 1.54) is 25.5 Å². The first-order chi connectivity index (χ1) is 7.13. The summed E-state index contributed by atoms with van der Waals surface area (Å²) in [7, 11) is 1.34. The number of ether oxygens (including phenoxy) is 1. The molecule has 0 spiro atoms. The van der Waals surface area contributed by atoms with Crippen molar-refractivity contribution in [3.05, 3.63) is 33.4 Å². The third kappa shape index (κ3) is 1.35. The third-order valence-corrected chi connectivity index (χ3v) is 2.10. The molecular formula is C9H6N2O4. The van der Waals surface area contributed by atoms with Gasteiger partial charge in [-0.2, -0.15) is 0 Å². The number of methoxy groups -OCH3 is 1. The first kappa shape index (κ1) is 9.32. The molecule has 1 aliphatic heterocycles. The van der Waals surface area contributed by atoms with Gasteiger partial charge in [0.2, 0.25) is 0 Å². The predicted molar refractivity (Wildman–Crippen MR) is 51.6 cm³/mol. The van der Waals surface area contributed by atoms with Gasteiger partial charge in [0.25, 0.3) is 5.91 Å². The van der Waals surface area contributed by atoms with Crippen LogP contribution in [0.25, 0.3) is 0 Å². The molecule has 1 heterocycles. The molecule has 0 fully saturated rings. The van der Waals surface area contributed by atoms with E-state index in [1.807, 2.05) is 0 Å². The fourth-order valence-electron chi connectivity index (χ4n) is 1.38. The van der Waals surface area contributed by atoms with Crippen LogP contribution in [-0.4, -0.2) is 24.2 Å². The number of carbonyl (C=O) groups excluding carboxylic acids is 1. The van der Waals surface area contributed by atoms with Crippen molar-refractivity contribution in [2.45, 2.75) is 0 Å². The minimum Gasteiger partial charge on any atom is -0.490 e. The largest absolute Gasteiger partial charge is 0.490 e. The standard InChI is InChI=1S/C9H6N2O4/c1-15-8-2-5-4-10-9(12)6(5)3-7(8)11(13)14/h2-4H,1H3. The molecule has 0 radical (unpaired) electrons. The Labute approximate surface area is 84.3 Å². The molecule has 76 valence electrons. The van der Waals surface area contributed by atoms with E-state index in [-0.39, 0.29) is 17.0 Å². The summed E-state index contributed by atoms with van der Waals surface area (Å²) in [6.45, 7) is 0. The van der Waals surface area contributed by atoms with Crippen LogP contribution in [0, 0.1) is 10.1 Å². The van der Waals surface area contributed by atoms with Crippen molar-refractivity contribution in [1.82, 2.24) is 0 Å². The lowest BCUT2D eigenvalue weighted by Crippen LogP contribution is -1.99. The molecule has 1 aliphatic rings. The van der Waals surface area contributed by atoms with Crippen molar-refractivity contribution < 1.29 is 14.5 Å². The maximum absolute atomic E-state index is 11.2. The number of amides is 1. The van der Waals surface area contributed by atoms with Gasteiger partial charge in [-0.15, -0.1) is 0 Å². The second kappa shape index (κ2) is 3.16. The number of carbonyl (C=O) groups is 1. The Kier molecular flexibility index (Phi) is 1.96. The zero-order valence-corrected chi connectivity index (χ0v) is 7.76. The van der Waals surface area contributed by atoms with Crippen LogP contribution in [0.1, 0.15) is 15.9 Å². The zero-order valence-electron chi connectivity index (χ0n) is 7.76. The number of hydrogen-bond acceptors (Lipinski definition) is 4. The molecule has 0 atom stereocenters. The van der Waals surface area contributed by atoms with Crippen LogP contribution < -0.4 is 4.74 Å². The molecule has 6 nitrogen and oxygen atoms in total. The zero-order chi connectivity index (χ0) is 11.0. The maximum Gasteiger partial charge on any atom is 0.311 e. The number of nitro groups is 1. The summed E-state index contributed by atoms with van der Waals surface area (Å²) in [4.78, 5) is 24.8. The topological polar surface area (TPSA) is 81.8 Å². The molecule has 1 aromatic rings. The minimum absolute atomic E-state index is 0.125. The van der Waals surface area contributed by atoms with E-state index in [9.17, 15) is 14.9 Å². The van der Waals surface area contributed by atoms with E-state index < -0.39 is 10.8 Å². The number of nitro benzene ring substituents is 1. The molecule has 0 aromatic heterocycles. The highest BCUT2D eigenvalue weighted by Crippen LogP contribution is 2.31. The van der Waals surface area contributed by atoms with E-state index >= 15 is 0 Å². The monoisotopic (exact) mass is 206 g/mol. The molecule has 0 bridgehead atoms. The summed E-state index contributed by atoms with van der Waals surface area (Å²) >= 11 is 0. The highest BCUT2D eigenvalue weighted by molar-refractivity contribution is 6.13. The lowest BCUT2D eigenvalue weighted by atomic mass is 10.1. The van der Waals surface area contributed by atoms with Gasteiger partial charge in [-0.1, -0.05) is 0 Å². The average molecular weight is 206 g/mol. The van der Waals surface area contributed by atoms with E-state index in [4.69, 9.17) is 4.74 Å².